The van der Waals surface area contributed by atoms with Gasteiger partial charge in [0, 0.05) is 44.3 Å². The van der Waals surface area contributed by atoms with Gasteiger partial charge in [0.1, 0.15) is 0 Å². The minimum Gasteiger partial charge on any atom is -0.359 e. The molecular weight excluding hydrogens is 262 g/mol. The summed E-state index contributed by atoms with van der Waals surface area (Å²) in [5.74, 6) is 0.105. The number of aryl methyl sites for hydroxylation is 1. The molecule has 0 aliphatic heterocycles. The smallest absolute Gasteiger partial charge is 0.219 e. The molecule has 0 spiro atoms. The number of hydrogen-bond acceptors (Lipinski definition) is 2. The molecule has 1 aromatic carbocycles. The van der Waals surface area contributed by atoms with E-state index >= 15 is 0 Å². The van der Waals surface area contributed by atoms with E-state index in [0.29, 0.717) is 12.5 Å². The molecule has 2 N–H and O–H groups in total. The number of amides is 1. The van der Waals surface area contributed by atoms with Crippen molar-refractivity contribution in [2.24, 2.45) is 0 Å². The third-order valence-electron chi connectivity index (χ3n) is 3.63. The van der Waals surface area contributed by atoms with Crippen molar-refractivity contribution in [2.75, 3.05) is 7.05 Å². The third kappa shape index (κ3) is 4.33. The second kappa shape index (κ2) is 7.27. The van der Waals surface area contributed by atoms with E-state index in [2.05, 4.69) is 59.5 Å². The van der Waals surface area contributed by atoms with Crippen molar-refractivity contribution in [3.8, 4) is 0 Å². The van der Waals surface area contributed by atoms with Crippen LogP contribution in [0.2, 0.25) is 0 Å². The first kappa shape index (κ1) is 15.6. The van der Waals surface area contributed by atoms with E-state index in [1.54, 1.807) is 7.05 Å². The fourth-order valence-corrected chi connectivity index (χ4v) is 2.39. The molecule has 0 atom stereocenters. The summed E-state index contributed by atoms with van der Waals surface area (Å²) in [4.78, 5) is 11.3. The number of benzene rings is 1. The lowest BCUT2D eigenvalue weighted by atomic mass is 10.1. The lowest BCUT2D eigenvalue weighted by Crippen LogP contribution is -2.21. The average molecular weight is 287 g/mol. The van der Waals surface area contributed by atoms with Crippen LogP contribution in [0.4, 0.5) is 0 Å². The number of nitrogens with zero attached hydrogens (tertiary/aromatic N) is 1. The molecule has 0 unspecified atom stereocenters. The van der Waals surface area contributed by atoms with Gasteiger partial charge >= 0.3 is 0 Å². The van der Waals surface area contributed by atoms with Crippen molar-refractivity contribution in [2.45, 2.75) is 45.8 Å². The lowest BCUT2D eigenvalue weighted by molar-refractivity contribution is -0.120. The van der Waals surface area contributed by atoms with E-state index in [1.807, 2.05) is 0 Å². The van der Waals surface area contributed by atoms with Gasteiger partial charge in [-0.05, 0) is 29.5 Å². The maximum absolute atomic E-state index is 11.3. The van der Waals surface area contributed by atoms with E-state index < -0.39 is 0 Å². The molecule has 4 nitrogen and oxygen atoms in total. The van der Waals surface area contributed by atoms with Crippen molar-refractivity contribution in [1.29, 1.82) is 0 Å². The number of carbonyl (C=O) groups is 1. The second-order valence-electron chi connectivity index (χ2n) is 5.71. The molecule has 114 valence electrons. The molecule has 2 rings (SSSR count). The zero-order chi connectivity index (χ0) is 15.2. The first-order valence-electron chi connectivity index (χ1n) is 7.62. The fourth-order valence-electron chi connectivity index (χ4n) is 2.39. The zero-order valence-corrected chi connectivity index (χ0v) is 13.1. The molecule has 4 heteroatoms. The average Bonchev–Trinajstić information content (AvgIpc) is 2.87. The van der Waals surface area contributed by atoms with Crippen LogP contribution in [-0.2, 0) is 17.9 Å². The van der Waals surface area contributed by atoms with Crippen LogP contribution in [0.5, 0.6) is 0 Å². The molecule has 0 aliphatic rings. The summed E-state index contributed by atoms with van der Waals surface area (Å²) in [6, 6.07) is 9.20. The van der Waals surface area contributed by atoms with Gasteiger partial charge in [0.2, 0.25) is 5.91 Å². The molecule has 0 saturated carbocycles. The number of rotatable bonds is 7. The molecule has 0 aliphatic carbocycles. The van der Waals surface area contributed by atoms with Crippen LogP contribution in [0, 0.1) is 0 Å². The van der Waals surface area contributed by atoms with Crippen molar-refractivity contribution in [3.05, 3.63) is 36.0 Å². The van der Waals surface area contributed by atoms with E-state index in [0.717, 1.165) is 19.5 Å². The number of aromatic nitrogens is 1. The van der Waals surface area contributed by atoms with Crippen LogP contribution in [0.1, 0.15) is 32.3 Å². The summed E-state index contributed by atoms with van der Waals surface area (Å²) >= 11 is 0. The number of nitrogens with one attached hydrogen (secondary N) is 2. The Morgan fingerprint density at radius 2 is 2.10 bits per heavy atom. The highest BCUT2D eigenvalue weighted by atomic mass is 16.1. The Labute approximate surface area is 126 Å². The minimum absolute atomic E-state index is 0.105. The van der Waals surface area contributed by atoms with Gasteiger partial charge in [-0.1, -0.05) is 26.0 Å². The summed E-state index contributed by atoms with van der Waals surface area (Å²) in [6.07, 6.45) is 3.54. The molecule has 0 bridgehead atoms. The highest BCUT2D eigenvalue weighted by molar-refractivity contribution is 5.81. The normalized spacial score (nSPS) is 11.2. The number of carbonyl (C=O) groups excluding carboxylic acids is 1. The summed E-state index contributed by atoms with van der Waals surface area (Å²) in [5, 5.41) is 7.36. The van der Waals surface area contributed by atoms with Crippen molar-refractivity contribution in [3.63, 3.8) is 0 Å². The Kier molecular flexibility index (Phi) is 5.39. The SMILES string of the molecule is CNC(=O)CCCn1ccc2ccc(CNC(C)C)cc21. The number of hydrogen-bond donors (Lipinski definition) is 2. The zero-order valence-electron chi connectivity index (χ0n) is 13.1. The van der Waals surface area contributed by atoms with Gasteiger partial charge in [0.25, 0.3) is 0 Å². The fraction of sp³-hybridized carbons (Fsp3) is 0.471. The van der Waals surface area contributed by atoms with Crippen molar-refractivity contribution in [1.82, 2.24) is 15.2 Å². The van der Waals surface area contributed by atoms with E-state index in [4.69, 9.17) is 0 Å². The van der Waals surface area contributed by atoms with Crippen molar-refractivity contribution >= 4 is 16.8 Å². The lowest BCUT2D eigenvalue weighted by Gasteiger charge is -2.10. The molecule has 0 fully saturated rings. The first-order chi connectivity index (χ1) is 10.1. The molecule has 0 radical (unpaired) electrons. The first-order valence-corrected chi connectivity index (χ1v) is 7.62. The maximum atomic E-state index is 11.3. The molecule has 1 aromatic heterocycles. The van der Waals surface area contributed by atoms with Crippen LogP contribution in [0.3, 0.4) is 0 Å². The molecular formula is C17H25N3O. The van der Waals surface area contributed by atoms with Crippen LogP contribution in [-0.4, -0.2) is 23.6 Å². The van der Waals surface area contributed by atoms with Gasteiger partial charge in [-0.3, -0.25) is 4.79 Å². The third-order valence-corrected chi connectivity index (χ3v) is 3.63. The summed E-state index contributed by atoms with van der Waals surface area (Å²) in [7, 11) is 1.68. The minimum atomic E-state index is 0.105. The van der Waals surface area contributed by atoms with Gasteiger partial charge < -0.3 is 15.2 Å². The van der Waals surface area contributed by atoms with Crippen LogP contribution in [0.15, 0.2) is 30.5 Å². The van der Waals surface area contributed by atoms with Gasteiger partial charge in [-0.25, -0.2) is 0 Å². The van der Waals surface area contributed by atoms with Crippen LogP contribution >= 0.6 is 0 Å². The monoisotopic (exact) mass is 287 g/mol. The second-order valence-corrected chi connectivity index (χ2v) is 5.71. The molecule has 2 aromatic rings. The largest absolute Gasteiger partial charge is 0.359 e. The maximum Gasteiger partial charge on any atom is 0.219 e. The summed E-state index contributed by atoms with van der Waals surface area (Å²) < 4.78 is 2.23. The Morgan fingerprint density at radius 1 is 1.29 bits per heavy atom. The summed E-state index contributed by atoms with van der Waals surface area (Å²) in [5.41, 5.74) is 2.54. The molecule has 21 heavy (non-hydrogen) atoms. The molecule has 1 heterocycles. The van der Waals surface area contributed by atoms with Gasteiger partial charge in [0.05, 0.1) is 0 Å². The number of fused-ring (bicyclic) bond motifs is 1. The van der Waals surface area contributed by atoms with Crippen LogP contribution < -0.4 is 10.6 Å². The van der Waals surface area contributed by atoms with Crippen LogP contribution in [0.25, 0.3) is 10.9 Å². The van der Waals surface area contributed by atoms with Gasteiger partial charge in [-0.15, -0.1) is 0 Å². The Hall–Kier alpha value is -1.81. The van der Waals surface area contributed by atoms with E-state index in [1.165, 1.54) is 16.5 Å². The summed E-state index contributed by atoms with van der Waals surface area (Å²) in [6.45, 7) is 6.06. The standard InChI is InChI=1S/C17H25N3O/c1-13(2)19-12-14-6-7-15-8-10-20(16(15)11-14)9-4-5-17(21)18-3/h6-8,10-11,13,19H,4-5,9,12H2,1-3H3,(H,18,21). The highest BCUT2D eigenvalue weighted by Crippen LogP contribution is 2.18. The van der Waals surface area contributed by atoms with Gasteiger partial charge in [0.15, 0.2) is 0 Å². The van der Waals surface area contributed by atoms with E-state index in [9.17, 15) is 4.79 Å². The quantitative estimate of drug-likeness (QED) is 0.822. The Balaban J connectivity index is 2.05. The Morgan fingerprint density at radius 3 is 2.81 bits per heavy atom. The van der Waals surface area contributed by atoms with Gasteiger partial charge in [-0.2, -0.15) is 0 Å². The highest BCUT2D eigenvalue weighted by Gasteiger charge is 2.04. The van der Waals surface area contributed by atoms with Crippen molar-refractivity contribution < 1.29 is 4.79 Å². The predicted octanol–water partition coefficient (Wildman–Crippen LogP) is 2.67. The Bertz CT molecular complexity index is 601. The topological polar surface area (TPSA) is 46.1 Å². The predicted molar refractivity (Wildman–Crippen MR) is 87.2 cm³/mol. The molecule has 0 saturated heterocycles. The molecule has 1 amide bonds. The van der Waals surface area contributed by atoms with E-state index in [-0.39, 0.29) is 5.91 Å².